The number of hydrogen-bond donors (Lipinski definition) is 1. The van der Waals surface area contributed by atoms with Gasteiger partial charge in [-0.25, -0.2) is 4.57 Å². The van der Waals surface area contributed by atoms with Gasteiger partial charge in [-0.2, -0.15) is 0 Å². The summed E-state index contributed by atoms with van der Waals surface area (Å²) >= 11 is 9.09. The zero-order valence-corrected chi connectivity index (χ0v) is 12.4. The minimum absolute atomic E-state index is 0. The summed E-state index contributed by atoms with van der Waals surface area (Å²) in [5, 5.41) is 2.32. The zero-order chi connectivity index (χ0) is 9.61. The molecule has 1 N–H and O–H groups in total. The van der Waals surface area contributed by atoms with E-state index in [2.05, 4.69) is 29.9 Å². The Morgan fingerprint density at radius 2 is 1.85 bits per heavy atom. The van der Waals surface area contributed by atoms with Crippen molar-refractivity contribution in [2.45, 2.75) is 13.8 Å². The summed E-state index contributed by atoms with van der Waals surface area (Å²) in [4.78, 5) is 0. The van der Waals surface area contributed by atoms with Crippen molar-refractivity contribution in [3.63, 3.8) is 0 Å². The van der Waals surface area contributed by atoms with E-state index < -0.39 is 7.75 Å². The SMILES string of the molecule is CCOP(=O)(NC(=S)[S-])OCC.[Na+]. The van der Waals surface area contributed by atoms with Crippen LogP contribution in [0.25, 0.3) is 0 Å². The molecule has 0 spiro atoms. The van der Waals surface area contributed by atoms with Gasteiger partial charge in [0.15, 0.2) is 0 Å². The van der Waals surface area contributed by atoms with Gasteiger partial charge in [0.2, 0.25) is 0 Å². The van der Waals surface area contributed by atoms with Crippen LogP contribution in [-0.4, -0.2) is 17.5 Å². The quantitative estimate of drug-likeness (QED) is 0.280. The molecule has 0 amide bonds. The Bertz CT molecular complexity index is 194. The molecule has 0 saturated heterocycles. The van der Waals surface area contributed by atoms with E-state index in [1.807, 2.05) is 0 Å². The van der Waals surface area contributed by atoms with E-state index in [0.717, 1.165) is 0 Å². The second-order valence-corrected chi connectivity index (χ2v) is 4.54. The largest absolute Gasteiger partial charge is 1.00 e. The molecule has 0 unspecified atom stereocenters. The maximum atomic E-state index is 11.5. The summed E-state index contributed by atoms with van der Waals surface area (Å²) in [5.41, 5.74) is 0. The fraction of sp³-hybridized carbons (Fsp3) is 0.800. The Kier molecular flexibility index (Phi) is 11.0. The van der Waals surface area contributed by atoms with Crippen LogP contribution < -0.4 is 34.6 Å². The van der Waals surface area contributed by atoms with Crippen molar-refractivity contribution in [2.24, 2.45) is 0 Å². The van der Waals surface area contributed by atoms with Crippen LogP contribution in [0.5, 0.6) is 0 Å². The number of nitrogens with one attached hydrogen (secondary N) is 1. The van der Waals surface area contributed by atoms with E-state index in [1.54, 1.807) is 13.8 Å². The Hall–Kier alpha value is 1.26. The van der Waals surface area contributed by atoms with Gasteiger partial charge < -0.3 is 29.9 Å². The van der Waals surface area contributed by atoms with Gasteiger partial charge in [0.1, 0.15) is 0 Å². The Morgan fingerprint density at radius 3 is 2.08 bits per heavy atom. The molecule has 0 aromatic rings. The van der Waals surface area contributed by atoms with Crippen LogP contribution in [0, 0.1) is 0 Å². The van der Waals surface area contributed by atoms with Crippen molar-refractivity contribution in [3.05, 3.63) is 0 Å². The Labute approximate surface area is 111 Å². The van der Waals surface area contributed by atoms with Crippen LogP contribution in [-0.2, 0) is 26.2 Å². The van der Waals surface area contributed by atoms with E-state index >= 15 is 0 Å². The van der Waals surface area contributed by atoms with E-state index in [0.29, 0.717) is 0 Å². The first kappa shape index (κ1) is 16.7. The summed E-state index contributed by atoms with van der Waals surface area (Å²) in [6.45, 7) is 3.98. The van der Waals surface area contributed by atoms with Crippen molar-refractivity contribution >= 4 is 36.9 Å². The third-order valence-electron chi connectivity index (χ3n) is 0.826. The molecule has 4 nitrogen and oxygen atoms in total. The van der Waals surface area contributed by atoms with Gasteiger partial charge in [-0.1, -0.05) is 4.32 Å². The Morgan fingerprint density at radius 1 is 1.46 bits per heavy atom. The average Bonchev–Trinajstić information content (AvgIpc) is 1.85. The second kappa shape index (κ2) is 8.56. The minimum atomic E-state index is -3.27. The number of hydrogen-bond acceptors (Lipinski definition) is 5. The van der Waals surface area contributed by atoms with Crippen LogP contribution in [0.3, 0.4) is 0 Å². The Balaban J connectivity index is 0. The molecule has 0 saturated carbocycles. The minimum Gasteiger partial charge on any atom is -0.411 e. The molecular formula is C5H11NNaO3PS2. The summed E-state index contributed by atoms with van der Waals surface area (Å²) in [7, 11) is -3.27. The van der Waals surface area contributed by atoms with Crippen LogP contribution in [0.4, 0.5) is 0 Å². The van der Waals surface area contributed by atoms with Gasteiger partial charge in [-0.3, -0.25) is 9.05 Å². The van der Waals surface area contributed by atoms with Crippen molar-refractivity contribution in [3.8, 4) is 0 Å². The van der Waals surface area contributed by atoms with Crippen molar-refractivity contribution in [2.75, 3.05) is 13.2 Å². The third kappa shape index (κ3) is 8.27. The smallest absolute Gasteiger partial charge is 0.411 e. The molecule has 0 rings (SSSR count). The summed E-state index contributed by atoms with van der Waals surface area (Å²) < 4.78 is 21.2. The molecule has 0 bridgehead atoms. The average molecular weight is 251 g/mol. The summed E-state index contributed by atoms with van der Waals surface area (Å²) in [6, 6.07) is 0. The monoisotopic (exact) mass is 251 g/mol. The summed E-state index contributed by atoms with van der Waals surface area (Å²) in [5.74, 6) is 0. The molecule has 0 aliphatic carbocycles. The third-order valence-corrected chi connectivity index (χ3v) is 3.03. The first-order valence-electron chi connectivity index (χ1n) is 3.42. The molecule has 13 heavy (non-hydrogen) atoms. The van der Waals surface area contributed by atoms with Crippen molar-refractivity contribution < 1.29 is 43.2 Å². The molecule has 0 radical (unpaired) electrons. The standard InChI is InChI=1S/C5H12NO3PS2.Na/c1-3-8-10(7,9-4-2)6-5(11)12;/h3-4H2,1-2H3,(H2,6,7,11,12);/q;+1/p-1. The van der Waals surface area contributed by atoms with Gasteiger partial charge in [0, 0.05) is 0 Å². The number of thiocarbonyl (C=S) groups is 1. The van der Waals surface area contributed by atoms with Crippen LogP contribution in [0.2, 0.25) is 0 Å². The maximum Gasteiger partial charge on any atom is 1.00 e. The van der Waals surface area contributed by atoms with Crippen LogP contribution >= 0.6 is 20.0 Å². The molecule has 0 aromatic heterocycles. The zero-order valence-electron chi connectivity index (χ0n) is 7.90. The fourth-order valence-electron chi connectivity index (χ4n) is 0.554. The predicted octanol–water partition coefficient (Wildman–Crippen LogP) is -1.41. The molecular weight excluding hydrogens is 240 g/mol. The predicted molar refractivity (Wildman–Crippen MR) is 54.0 cm³/mol. The topological polar surface area (TPSA) is 47.6 Å². The first-order chi connectivity index (χ1) is 5.54. The molecule has 72 valence electrons. The van der Waals surface area contributed by atoms with Gasteiger partial charge in [0.05, 0.1) is 13.2 Å². The normalized spacial score (nSPS) is 10.3. The van der Waals surface area contributed by atoms with E-state index in [4.69, 9.17) is 9.05 Å². The maximum absolute atomic E-state index is 11.5. The van der Waals surface area contributed by atoms with Crippen LogP contribution in [0.1, 0.15) is 13.8 Å². The van der Waals surface area contributed by atoms with Gasteiger partial charge in [-0.05, 0) is 13.8 Å². The van der Waals surface area contributed by atoms with E-state index in [9.17, 15) is 4.57 Å². The summed E-state index contributed by atoms with van der Waals surface area (Å²) in [6.07, 6.45) is 0. The number of rotatable bonds is 5. The van der Waals surface area contributed by atoms with Crippen molar-refractivity contribution in [1.29, 1.82) is 0 Å². The molecule has 8 heteroatoms. The molecule has 0 aliphatic rings. The van der Waals surface area contributed by atoms with Gasteiger partial charge >= 0.3 is 37.3 Å². The van der Waals surface area contributed by atoms with Crippen LogP contribution in [0.15, 0.2) is 0 Å². The molecule has 0 fully saturated rings. The molecule has 0 atom stereocenters. The van der Waals surface area contributed by atoms with Gasteiger partial charge in [-0.15, -0.1) is 0 Å². The molecule has 0 heterocycles. The first-order valence-corrected chi connectivity index (χ1v) is 5.78. The molecule has 0 aliphatic heterocycles. The molecule has 0 aromatic carbocycles. The van der Waals surface area contributed by atoms with E-state index in [-0.39, 0.29) is 47.1 Å². The fourth-order valence-corrected chi connectivity index (χ4v) is 2.33. The van der Waals surface area contributed by atoms with Crippen molar-refractivity contribution in [1.82, 2.24) is 5.09 Å². The second-order valence-electron chi connectivity index (χ2n) is 1.73. The van der Waals surface area contributed by atoms with E-state index in [1.165, 1.54) is 0 Å². The van der Waals surface area contributed by atoms with Gasteiger partial charge in [0.25, 0.3) is 0 Å².